The van der Waals surface area contributed by atoms with Crippen LogP contribution in [0.25, 0.3) is 17.0 Å². The molecule has 0 bridgehead atoms. The van der Waals surface area contributed by atoms with Crippen LogP contribution in [0.4, 0.5) is 5.69 Å². The number of hydrogen-bond acceptors (Lipinski definition) is 5. The van der Waals surface area contributed by atoms with Crippen LogP contribution in [0.5, 0.6) is 0 Å². The van der Waals surface area contributed by atoms with E-state index in [0.29, 0.717) is 17.7 Å². The van der Waals surface area contributed by atoms with Gasteiger partial charge < -0.3 is 26.3 Å². The van der Waals surface area contributed by atoms with Crippen molar-refractivity contribution in [3.63, 3.8) is 0 Å². The molecule has 0 radical (unpaired) electrons. The van der Waals surface area contributed by atoms with Gasteiger partial charge in [0, 0.05) is 64.9 Å². The maximum atomic E-state index is 15.0. The molecule has 9 heteroatoms. The Labute approximate surface area is 313 Å². The normalized spacial score (nSPS) is 27.4. The Hall–Kier alpha value is -4.92. The van der Waals surface area contributed by atoms with Crippen LogP contribution in [0.3, 0.4) is 0 Å². The largest absolute Gasteiger partial charge is 0.381 e. The molecule has 3 aliphatic rings. The van der Waals surface area contributed by atoms with E-state index < -0.39 is 17.4 Å². The quantitative estimate of drug-likeness (QED) is 0.114. The van der Waals surface area contributed by atoms with E-state index in [1.165, 1.54) is 11.1 Å². The SMILES string of the molecule is CCC(C)C1NC(=O)C23C(=O)CC(Nc4ccccc4C(=O)NC(C)C(=O)NC=Cc4c[nH]c5ccccc45)CCCCC(C)=CC2C=C(C)C(C)C13. The van der Waals surface area contributed by atoms with E-state index in [4.69, 9.17) is 0 Å². The molecule has 5 N–H and O–H groups in total. The molecule has 2 aromatic carbocycles. The summed E-state index contributed by atoms with van der Waals surface area (Å²) >= 11 is 0. The molecule has 1 fully saturated rings. The fraction of sp³-hybridized carbons (Fsp3) is 0.455. The van der Waals surface area contributed by atoms with Crippen LogP contribution in [0.15, 0.2) is 84.2 Å². The Morgan fingerprint density at radius 2 is 1.77 bits per heavy atom. The number of rotatable bonds is 9. The maximum Gasteiger partial charge on any atom is 0.254 e. The monoisotopic (exact) mass is 717 g/mol. The van der Waals surface area contributed by atoms with Crippen LogP contribution < -0.4 is 21.3 Å². The smallest absolute Gasteiger partial charge is 0.254 e. The minimum atomic E-state index is -1.19. The van der Waals surface area contributed by atoms with Crippen molar-refractivity contribution in [1.29, 1.82) is 0 Å². The van der Waals surface area contributed by atoms with Gasteiger partial charge in [-0.15, -0.1) is 0 Å². The van der Waals surface area contributed by atoms with Crippen molar-refractivity contribution in [2.45, 2.75) is 98.2 Å². The topological polar surface area (TPSA) is 132 Å². The summed E-state index contributed by atoms with van der Waals surface area (Å²) < 4.78 is 0. The van der Waals surface area contributed by atoms with Crippen LogP contribution >= 0.6 is 0 Å². The van der Waals surface area contributed by atoms with Gasteiger partial charge in [0.2, 0.25) is 11.8 Å². The first kappa shape index (κ1) is 37.8. The summed E-state index contributed by atoms with van der Waals surface area (Å²) in [7, 11) is 0. The van der Waals surface area contributed by atoms with Crippen molar-refractivity contribution in [1.82, 2.24) is 20.9 Å². The predicted octanol–water partition coefficient (Wildman–Crippen LogP) is 7.69. The molecule has 3 amide bonds. The van der Waals surface area contributed by atoms with Crippen LogP contribution in [-0.4, -0.2) is 46.6 Å². The number of aromatic nitrogens is 1. The van der Waals surface area contributed by atoms with Gasteiger partial charge in [-0.05, 0) is 76.1 Å². The zero-order valence-electron chi connectivity index (χ0n) is 31.9. The minimum Gasteiger partial charge on any atom is -0.381 e. The molecule has 0 saturated carbocycles. The summed E-state index contributed by atoms with van der Waals surface area (Å²) in [4.78, 5) is 59.2. The predicted molar refractivity (Wildman–Crippen MR) is 212 cm³/mol. The Balaban J connectivity index is 1.20. The van der Waals surface area contributed by atoms with Gasteiger partial charge in [0.05, 0.1) is 5.56 Å². The molecule has 2 aliphatic carbocycles. The number of amides is 3. The van der Waals surface area contributed by atoms with Gasteiger partial charge in [-0.25, -0.2) is 0 Å². The fourth-order valence-corrected chi connectivity index (χ4v) is 8.89. The van der Waals surface area contributed by atoms with Gasteiger partial charge in [0.15, 0.2) is 5.78 Å². The second-order valence-electron chi connectivity index (χ2n) is 15.6. The van der Waals surface area contributed by atoms with E-state index in [1.807, 2.05) is 48.7 Å². The summed E-state index contributed by atoms with van der Waals surface area (Å²) in [5.41, 5.74) is 4.17. The Kier molecular flexibility index (Phi) is 11.4. The van der Waals surface area contributed by atoms with Gasteiger partial charge in [0.1, 0.15) is 11.5 Å². The summed E-state index contributed by atoms with van der Waals surface area (Å²) in [5, 5.41) is 13.6. The highest BCUT2D eigenvalue weighted by molar-refractivity contribution is 6.10. The summed E-state index contributed by atoms with van der Waals surface area (Å²) in [6, 6.07) is 13.9. The van der Waals surface area contributed by atoms with Gasteiger partial charge in [-0.2, -0.15) is 0 Å². The summed E-state index contributed by atoms with van der Waals surface area (Å²) in [6.45, 7) is 12.4. The van der Waals surface area contributed by atoms with Crippen LogP contribution in [0, 0.1) is 29.1 Å². The fourth-order valence-electron chi connectivity index (χ4n) is 8.89. The standard InChI is InChI=1S/C44H55N5O4/c1-7-27(3)40-39-29(5)28(4)23-32-22-26(2)14-8-9-15-33(24-38(50)44(32,39)43(53)49-40)48-37-19-13-11-17-35(37)42(52)47-30(6)41(51)45-21-20-31-25-46-36-18-12-10-16-34(31)36/h10-13,16-23,25,27,29-30,32-33,39-40,46,48H,7-9,14-15,24H2,1-6H3,(H,45,51)(H,47,52)(H,49,53). The number of carbonyl (C=O) groups is 4. The highest BCUT2D eigenvalue weighted by Crippen LogP contribution is 2.56. The number of fused-ring (bicyclic) bond motifs is 1. The lowest BCUT2D eigenvalue weighted by Gasteiger charge is -2.46. The lowest BCUT2D eigenvalue weighted by molar-refractivity contribution is -0.145. The summed E-state index contributed by atoms with van der Waals surface area (Å²) in [5.74, 6) is -1.10. The molecule has 9 nitrogen and oxygen atoms in total. The molecular formula is C44H55N5O4. The van der Waals surface area contributed by atoms with Crippen LogP contribution in [0.1, 0.15) is 96.0 Å². The molecule has 1 saturated heterocycles. The molecule has 280 valence electrons. The lowest BCUT2D eigenvalue weighted by atomic mass is 9.54. The molecule has 3 aromatic rings. The van der Waals surface area contributed by atoms with Crippen molar-refractivity contribution >= 4 is 46.2 Å². The number of Topliss-reactive ketones (excluding diaryl/α,β-unsaturated/α-hetero) is 1. The number of anilines is 1. The number of H-pyrrole nitrogens is 1. The highest BCUT2D eigenvalue weighted by atomic mass is 16.2. The second kappa shape index (κ2) is 16.0. The molecule has 2 heterocycles. The molecule has 1 aromatic heterocycles. The first-order valence-electron chi connectivity index (χ1n) is 19.3. The van der Waals surface area contributed by atoms with E-state index >= 15 is 0 Å². The third-order valence-electron chi connectivity index (χ3n) is 12.2. The third-order valence-corrected chi connectivity index (χ3v) is 12.2. The number of nitrogens with one attached hydrogen (secondary N) is 5. The van der Waals surface area contributed by atoms with Crippen molar-refractivity contribution in [2.75, 3.05) is 5.32 Å². The molecule has 1 spiro atoms. The zero-order chi connectivity index (χ0) is 37.9. The Morgan fingerprint density at radius 3 is 2.57 bits per heavy atom. The number of hydrogen-bond donors (Lipinski definition) is 5. The van der Waals surface area contributed by atoms with Gasteiger partial charge in [-0.1, -0.05) is 87.2 Å². The molecule has 6 rings (SSSR count). The zero-order valence-corrected chi connectivity index (χ0v) is 31.9. The van der Waals surface area contributed by atoms with Gasteiger partial charge >= 0.3 is 0 Å². The number of para-hydroxylation sites is 2. The second-order valence-corrected chi connectivity index (χ2v) is 15.6. The minimum absolute atomic E-state index is 0.0391. The first-order chi connectivity index (χ1) is 25.4. The number of allylic oxidation sites excluding steroid dienone is 4. The summed E-state index contributed by atoms with van der Waals surface area (Å²) in [6.07, 6.45) is 14.2. The van der Waals surface area contributed by atoms with E-state index in [-0.39, 0.29) is 59.8 Å². The first-order valence-corrected chi connectivity index (χ1v) is 19.3. The van der Waals surface area contributed by atoms with E-state index in [2.05, 4.69) is 73.0 Å². The molecular weight excluding hydrogens is 663 g/mol. The molecule has 1 aliphatic heterocycles. The average Bonchev–Trinajstić information content (AvgIpc) is 3.70. The van der Waals surface area contributed by atoms with Crippen molar-refractivity contribution < 1.29 is 19.2 Å². The maximum absolute atomic E-state index is 15.0. The van der Waals surface area contributed by atoms with Crippen LogP contribution in [-0.2, 0) is 14.4 Å². The third kappa shape index (κ3) is 7.48. The Bertz CT molecular complexity index is 1960. The molecule has 53 heavy (non-hydrogen) atoms. The van der Waals surface area contributed by atoms with Gasteiger partial charge in [0.25, 0.3) is 5.91 Å². The van der Waals surface area contributed by atoms with Gasteiger partial charge in [-0.3, -0.25) is 19.2 Å². The van der Waals surface area contributed by atoms with E-state index in [0.717, 1.165) is 42.1 Å². The van der Waals surface area contributed by atoms with Crippen LogP contribution in [0.2, 0.25) is 0 Å². The van der Waals surface area contributed by atoms with E-state index in [9.17, 15) is 19.2 Å². The van der Waals surface area contributed by atoms with Crippen molar-refractivity contribution in [2.24, 2.45) is 29.1 Å². The number of ketones is 1. The number of carbonyl (C=O) groups excluding carboxylic acids is 4. The highest BCUT2D eigenvalue weighted by Gasteiger charge is 2.65. The molecule has 8 unspecified atom stereocenters. The van der Waals surface area contributed by atoms with Crippen molar-refractivity contribution in [3.05, 3.63) is 95.4 Å². The van der Waals surface area contributed by atoms with E-state index in [1.54, 1.807) is 25.3 Å². The average molecular weight is 718 g/mol. The Morgan fingerprint density at radius 1 is 1.02 bits per heavy atom. The number of aromatic amines is 1. The lowest BCUT2D eigenvalue weighted by Crippen LogP contribution is -2.53. The number of benzene rings is 2. The van der Waals surface area contributed by atoms with Crippen molar-refractivity contribution in [3.8, 4) is 0 Å². The molecule has 8 atom stereocenters.